The number of carbonyl (C=O) groups is 1. The third kappa shape index (κ3) is 4.80. The molecule has 1 spiro atoms. The normalized spacial score (nSPS) is 23.2. The summed E-state index contributed by atoms with van der Waals surface area (Å²) in [5, 5.41) is 3.14. The average molecular weight is 556 g/mol. The number of piperazine rings is 1. The van der Waals surface area contributed by atoms with Gasteiger partial charge in [-0.15, -0.1) is 0 Å². The second-order valence-corrected chi connectivity index (χ2v) is 12.1. The molecule has 1 atom stereocenters. The number of hydrogen-bond donors (Lipinski definition) is 1. The number of likely N-dealkylation sites (tertiary alicyclic amines) is 1. The van der Waals surface area contributed by atoms with Crippen LogP contribution in [0.1, 0.15) is 43.2 Å². The number of halogens is 1. The summed E-state index contributed by atoms with van der Waals surface area (Å²) in [6, 6.07) is 15.8. The molecular weight excluding hydrogens is 517 g/mol. The minimum Gasteiger partial charge on any atom is -0.369 e. The lowest BCUT2D eigenvalue weighted by atomic mass is 9.91. The predicted molar refractivity (Wildman–Crippen MR) is 159 cm³/mol. The molecule has 1 amide bonds. The quantitative estimate of drug-likeness (QED) is 0.477. The van der Waals surface area contributed by atoms with Crippen LogP contribution in [0.5, 0.6) is 0 Å². The van der Waals surface area contributed by atoms with E-state index in [4.69, 9.17) is 4.98 Å². The molecule has 3 fully saturated rings. The number of nitrogens with zero attached hydrogens (tertiary/aromatic N) is 6. The van der Waals surface area contributed by atoms with Crippen LogP contribution >= 0.6 is 0 Å². The SMILES string of the molecule is CN1CCN(c2ccc(Nc3ncc4c(n3)N(C3CCCC3)C3(CCN(Cc5ccccc5)C3=O)C4)c(F)c2)CC1. The zero-order valence-corrected chi connectivity index (χ0v) is 23.7. The zero-order valence-electron chi connectivity index (χ0n) is 23.7. The number of likely N-dealkylation sites (N-methyl/N-ethyl adjacent to an activating group) is 1. The van der Waals surface area contributed by atoms with E-state index in [1.54, 1.807) is 12.1 Å². The summed E-state index contributed by atoms with van der Waals surface area (Å²) >= 11 is 0. The van der Waals surface area contributed by atoms with Gasteiger partial charge in [0.05, 0.1) is 5.69 Å². The van der Waals surface area contributed by atoms with E-state index in [1.165, 1.54) is 0 Å². The van der Waals surface area contributed by atoms with Gasteiger partial charge in [0, 0.05) is 69.2 Å². The van der Waals surface area contributed by atoms with Gasteiger partial charge in [-0.05, 0) is 50.1 Å². The maximum atomic E-state index is 15.3. The number of aromatic nitrogens is 2. The highest BCUT2D eigenvalue weighted by atomic mass is 19.1. The highest BCUT2D eigenvalue weighted by Crippen LogP contribution is 2.48. The molecule has 8 nitrogen and oxygen atoms in total. The van der Waals surface area contributed by atoms with Crippen LogP contribution < -0.4 is 15.1 Å². The van der Waals surface area contributed by atoms with Crippen molar-refractivity contribution >= 4 is 29.0 Å². The number of fused-ring (bicyclic) bond motifs is 1. The molecule has 0 bridgehead atoms. The van der Waals surface area contributed by atoms with Gasteiger partial charge < -0.3 is 24.9 Å². The fraction of sp³-hybridized carbons (Fsp3) is 0.469. The maximum absolute atomic E-state index is 15.3. The third-order valence-electron chi connectivity index (χ3n) is 9.47. The van der Waals surface area contributed by atoms with E-state index in [0.29, 0.717) is 24.6 Å². The second kappa shape index (κ2) is 10.6. The van der Waals surface area contributed by atoms with Crippen molar-refractivity contribution in [2.45, 2.75) is 56.7 Å². The van der Waals surface area contributed by atoms with Gasteiger partial charge in [-0.2, -0.15) is 4.98 Å². The van der Waals surface area contributed by atoms with Crippen LogP contribution in [0.3, 0.4) is 0 Å². The number of rotatable bonds is 6. The summed E-state index contributed by atoms with van der Waals surface area (Å²) in [6.07, 6.45) is 7.68. The summed E-state index contributed by atoms with van der Waals surface area (Å²) in [5.41, 5.74) is 2.78. The van der Waals surface area contributed by atoms with Gasteiger partial charge in [-0.1, -0.05) is 43.2 Å². The van der Waals surface area contributed by atoms with Gasteiger partial charge in [0.1, 0.15) is 17.2 Å². The average Bonchev–Trinajstić information content (AvgIpc) is 3.70. The Labute approximate surface area is 241 Å². The highest BCUT2D eigenvalue weighted by Gasteiger charge is 2.57. The molecule has 9 heteroatoms. The van der Waals surface area contributed by atoms with E-state index in [9.17, 15) is 4.79 Å². The molecule has 214 valence electrons. The molecule has 1 aromatic heterocycles. The zero-order chi connectivity index (χ0) is 28.0. The van der Waals surface area contributed by atoms with Crippen molar-refractivity contribution in [2.24, 2.45) is 0 Å². The minimum absolute atomic E-state index is 0.186. The monoisotopic (exact) mass is 555 g/mol. The standard InChI is InChI=1S/C32H38FN7O/c1-37-15-17-38(18-16-37)26-11-12-28(27(33)19-26)35-31-34-21-24-20-32(40(29(24)36-31)25-9-5-6-10-25)13-14-39(30(32)41)22-23-7-3-2-4-8-23/h2-4,7-8,11-12,19,21,25H,5-6,9-10,13-18,20,22H2,1H3,(H,34,35,36). The Bertz CT molecular complexity index is 1420. The molecule has 1 aliphatic carbocycles. The molecule has 1 saturated carbocycles. The first-order chi connectivity index (χ1) is 20.0. The molecule has 4 aliphatic rings. The van der Waals surface area contributed by atoms with Crippen LogP contribution in [0.15, 0.2) is 54.7 Å². The highest BCUT2D eigenvalue weighted by molar-refractivity contribution is 5.94. The van der Waals surface area contributed by atoms with Gasteiger partial charge in [0.25, 0.3) is 0 Å². The summed E-state index contributed by atoms with van der Waals surface area (Å²) in [4.78, 5) is 32.5. The van der Waals surface area contributed by atoms with Crippen LogP contribution in [0.2, 0.25) is 0 Å². The summed E-state index contributed by atoms with van der Waals surface area (Å²) < 4.78 is 15.3. The Morgan fingerprint density at radius 2 is 1.80 bits per heavy atom. The lowest BCUT2D eigenvalue weighted by Crippen LogP contribution is -2.56. The van der Waals surface area contributed by atoms with Crippen LogP contribution in [-0.4, -0.2) is 77.0 Å². The fourth-order valence-electron chi connectivity index (χ4n) is 7.23. The van der Waals surface area contributed by atoms with E-state index < -0.39 is 5.54 Å². The molecule has 4 heterocycles. The molecule has 3 aliphatic heterocycles. The van der Waals surface area contributed by atoms with Gasteiger partial charge >= 0.3 is 0 Å². The number of amides is 1. The minimum atomic E-state index is -0.616. The van der Waals surface area contributed by atoms with Crippen LogP contribution in [0, 0.1) is 5.82 Å². The predicted octanol–water partition coefficient (Wildman–Crippen LogP) is 4.59. The first kappa shape index (κ1) is 26.2. The smallest absolute Gasteiger partial charge is 0.249 e. The fourth-order valence-corrected chi connectivity index (χ4v) is 7.23. The van der Waals surface area contributed by atoms with E-state index in [-0.39, 0.29) is 17.8 Å². The van der Waals surface area contributed by atoms with E-state index in [1.807, 2.05) is 35.4 Å². The Morgan fingerprint density at radius 3 is 2.56 bits per heavy atom. The lowest BCUT2D eigenvalue weighted by Gasteiger charge is -2.39. The van der Waals surface area contributed by atoms with Crippen molar-refractivity contribution < 1.29 is 9.18 Å². The Morgan fingerprint density at radius 1 is 1.02 bits per heavy atom. The largest absolute Gasteiger partial charge is 0.369 e. The van der Waals surface area contributed by atoms with Crippen molar-refractivity contribution in [3.63, 3.8) is 0 Å². The number of benzene rings is 2. The molecule has 41 heavy (non-hydrogen) atoms. The van der Waals surface area contributed by atoms with E-state index in [2.05, 4.69) is 44.2 Å². The van der Waals surface area contributed by atoms with Crippen molar-refractivity contribution in [1.82, 2.24) is 19.8 Å². The van der Waals surface area contributed by atoms with Crippen LogP contribution in [0.4, 0.5) is 27.5 Å². The molecule has 3 aromatic rings. The first-order valence-corrected chi connectivity index (χ1v) is 15.0. The summed E-state index contributed by atoms with van der Waals surface area (Å²) in [6.45, 7) is 5.06. The van der Waals surface area contributed by atoms with Crippen molar-refractivity contribution in [2.75, 3.05) is 54.9 Å². The number of carbonyl (C=O) groups excluding carboxylic acids is 1. The Hall–Kier alpha value is -3.72. The third-order valence-corrected chi connectivity index (χ3v) is 9.47. The van der Waals surface area contributed by atoms with Gasteiger partial charge in [0.15, 0.2) is 0 Å². The summed E-state index contributed by atoms with van der Waals surface area (Å²) in [5.74, 6) is 1.06. The van der Waals surface area contributed by atoms with Gasteiger partial charge in [-0.25, -0.2) is 9.37 Å². The molecule has 1 unspecified atom stereocenters. The molecule has 2 saturated heterocycles. The molecule has 1 N–H and O–H groups in total. The Kier molecular flexibility index (Phi) is 6.77. The van der Waals surface area contributed by atoms with Crippen molar-refractivity contribution in [3.8, 4) is 0 Å². The van der Waals surface area contributed by atoms with E-state index in [0.717, 1.165) is 87.5 Å². The molecular formula is C32H38FN7O. The lowest BCUT2D eigenvalue weighted by molar-refractivity contribution is -0.132. The summed E-state index contributed by atoms with van der Waals surface area (Å²) in [7, 11) is 2.11. The van der Waals surface area contributed by atoms with Gasteiger partial charge in [0.2, 0.25) is 11.9 Å². The number of hydrogen-bond acceptors (Lipinski definition) is 7. The number of anilines is 4. The van der Waals surface area contributed by atoms with Crippen LogP contribution in [-0.2, 0) is 17.8 Å². The van der Waals surface area contributed by atoms with Gasteiger partial charge in [-0.3, -0.25) is 4.79 Å². The maximum Gasteiger partial charge on any atom is 0.249 e. The second-order valence-electron chi connectivity index (χ2n) is 12.1. The molecule has 7 rings (SSSR count). The van der Waals surface area contributed by atoms with Crippen molar-refractivity contribution in [1.29, 1.82) is 0 Å². The topological polar surface area (TPSA) is 67.8 Å². The molecule has 2 aromatic carbocycles. The van der Waals surface area contributed by atoms with Crippen LogP contribution in [0.25, 0.3) is 0 Å². The first-order valence-electron chi connectivity index (χ1n) is 15.0. The molecule has 0 radical (unpaired) electrons. The number of nitrogens with one attached hydrogen (secondary N) is 1. The van der Waals surface area contributed by atoms with E-state index >= 15 is 4.39 Å². The Balaban J connectivity index is 1.14. The van der Waals surface area contributed by atoms with Crippen molar-refractivity contribution in [3.05, 3.63) is 71.7 Å².